The van der Waals surface area contributed by atoms with Crippen LogP contribution in [0.4, 0.5) is 4.79 Å². The SMILES string of the molecule is Cc1nc(CN2CCN([C@H](C(=O)N[C@@H](Cc3ccccc3)[C@H](O)CN(CC(C)C)S(=O)(=O)c3cc(C)c(O)c(C)c3)C(C)C)C2=O)cs1. The number of aryl methyl sites for hydroxylation is 3. The van der Waals surface area contributed by atoms with E-state index in [4.69, 9.17) is 0 Å². The van der Waals surface area contributed by atoms with Crippen LogP contribution in [0.5, 0.6) is 5.75 Å². The molecule has 0 radical (unpaired) electrons. The molecule has 11 nitrogen and oxygen atoms in total. The van der Waals surface area contributed by atoms with Crippen molar-refractivity contribution >= 4 is 33.3 Å². The third-order valence-corrected chi connectivity index (χ3v) is 11.2. The van der Waals surface area contributed by atoms with Crippen LogP contribution in [0.1, 0.15) is 55.1 Å². The maximum absolute atomic E-state index is 14.1. The lowest BCUT2D eigenvalue weighted by Crippen LogP contribution is -2.57. The number of aromatic hydroxyl groups is 1. The molecule has 1 aliphatic heterocycles. The van der Waals surface area contributed by atoms with Crippen molar-refractivity contribution in [3.63, 3.8) is 0 Å². The van der Waals surface area contributed by atoms with Gasteiger partial charge in [-0.25, -0.2) is 18.2 Å². The monoisotopic (exact) mass is 699 g/mol. The largest absolute Gasteiger partial charge is 0.507 e. The molecule has 0 saturated carbocycles. The number of benzene rings is 2. The summed E-state index contributed by atoms with van der Waals surface area (Å²) in [5.41, 5.74) is 2.53. The molecule has 3 atom stereocenters. The van der Waals surface area contributed by atoms with Crippen LogP contribution < -0.4 is 5.32 Å². The van der Waals surface area contributed by atoms with Crippen molar-refractivity contribution in [1.82, 2.24) is 24.4 Å². The van der Waals surface area contributed by atoms with Gasteiger partial charge in [-0.15, -0.1) is 11.3 Å². The fourth-order valence-corrected chi connectivity index (χ4v) is 8.53. The number of amides is 3. The molecule has 13 heteroatoms. The Balaban J connectivity index is 1.59. The second-order valence-corrected chi connectivity index (χ2v) is 16.4. The van der Waals surface area contributed by atoms with Crippen LogP contribution in [0.3, 0.4) is 0 Å². The highest BCUT2D eigenvalue weighted by Gasteiger charge is 2.40. The van der Waals surface area contributed by atoms with Gasteiger partial charge in [0.05, 0.1) is 34.3 Å². The van der Waals surface area contributed by atoms with E-state index in [0.29, 0.717) is 30.8 Å². The summed E-state index contributed by atoms with van der Waals surface area (Å²) in [7, 11) is -4.08. The van der Waals surface area contributed by atoms with Crippen molar-refractivity contribution in [2.45, 2.75) is 84.5 Å². The number of thiazole rings is 1. The summed E-state index contributed by atoms with van der Waals surface area (Å²) in [5, 5.41) is 27.9. The predicted octanol–water partition coefficient (Wildman–Crippen LogP) is 4.47. The fourth-order valence-electron chi connectivity index (χ4n) is 6.13. The first-order chi connectivity index (χ1) is 22.6. The minimum atomic E-state index is -4.08. The van der Waals surface area contributed by atoms with Gasteiger partial charge in [-0.1, -0.05) is 58.0 Å². The van der Waals surface area contributed by atoms with Gasteiger partial charge in [0.15, 0.2) is 0 Å². The molecule has 1 aliphatic rings. The van der Waals surface area contributed by atoms with Gasteiger partial charge in [0.25, 0.3) is 0 Å². The number of carbonyl (C=O) groups excluding carboxylic acids is 2. The zero-order chi connectivity index (χ0) is 35.3. The van der Waals surface area contributed by atoms with Crippen molar-refractivity contribution < 1.29 is 28.2 Å². The molecule has 2 heterocycles. The molecular weight excluding hydrogens is 651 g/mol. The van der Waals surface area contributed by atoms with E-state index in [1.54, 1.807) is 23.6 Å². The van der Waals surface area contributed by atoms with Gasteiger partial charge in [0.1, 0.15) is 11.8 Å². The quantitative estimate of drug-likeness (QED) is 0.213. The molecule has 1 saturated heterocycles. The Kier molecular flexibility index (Phi) is 12.3. The molecule has 262 valence electrons. The first-order valence-corrected chi connectivity index (χ1v) is 18.7. The molecular formula is C35H49N5O6S2. The van der Waals surface area contributed by atoms with Crippen LogP contribution >= 0.6 is 11.3 Å². The van der Waals surface area contributed by atoms with Gasteiger partial charge >= 0.3 is 6.03 Å². The van der Waals surface area contributed by atoms with Crippen LogP contribution in [-0.2, 0) is 27.8 Å². The Morgan fingerprint density at radius 2 is 1.69 bits per heavy atom. The number of aliphatic hydroxyl groups excluding tert-OH is 1. The molecule has 48 heavy (non-hydrogen) atoms. The number of aliphatic hydroxyl groups is 1. The average Bonchev–Trinajstić information content (AvgIpc) is 3.59. The van der Waals surface area contributed by atoms with Crippen molar-refractivity contribution in [3.8, 4) is 5.75 Å². The summed E-state index contributed by atoms with van der Waals surface area (Å²) in [5.74, 6) is -0.667. The third-order valence-electron chi connectivity index (χ3n) is 8.53. The number of nitrogens with zero attached hydrogens (tertiary/aromatic N) is 4. The van der Waals surface area contributed by atoms with Crippen molar-refractivity contribution in [2.24, 2.45) is 11.8 Å². The van der Waals surface area contributed by atoms with Crippen LogP contribution in [-0.4, -0.2) is 94.0 Å². The molecule has 0 aliphatic carbocycles. The summed E-state index contributed by atoms with van der Waals surface area (Å²) >= 11 is 1.52. The molecule has 4 rings (SSSR count). The maximum Gasteiger partial charge on any atom is 0.321 e. The highest BCUT2D eigenvalue weighted by molar-refractivity contribution is 7.89. The summed E-state index contributed by atoms with van der Waals surface area (Å²) < 4.78 is 29.2. The molecule has 0 bridgehead atoms. The minimum Gasteiger partial charge on any atom is -0.507 e. The molecule has 3 N–H and O–H groups in total. The minimum absolute atomic E-state index is 0.0246. The van der Waals surface area contributed by atoms with Gasteiger partial charge in [0, 0.05) is 31.6 Å². The highest BCUT2D eigenvalue weighted by atomic mass is 32.2. The van der Waals surface area contributed by atoms with Crippen molar-refractivity contribution in [3.05, 3.63) is 75.2 Å². The molecule has 1 fully saturated rings. The van der Waals surface area contributed by atoms with Gasteiger partial charge < -0.3 is 25.3 Å². The number of phenolic OH excluding ortho intramolecular Hbond substituents is 1. The number of urea groups is 1. The molecule has 0 spiro atoms. The second kappa shape index (κ2) is 15.8. The Bertz CT molecular complexity index is 1650. The highest BCUT2D eigenvalue weighted by Crippen LogP contribution is 2.28. The number of sulfonamides is 1. The number of rotatable bonds is 15. The number of hydrogen-bond donors (Lipinski definition) is 3. The lowest BCUT2D eigenvalue weighted by Gasteiger charge is -2.34. The smallest absolute Gasteiger partial charge is 0.321 e. The first-order valence-electron chi connectivity index (χ1n) is 16.4. The zero-order valence-corrected chi connectivity index (χ0v) is 30.5. The Hall–Kier alpha value is -3.52. The summed E-state index contributed by atoms with van der Waals surface area (Å²) in [6.07, 6.45) is -1.04. The van der Waals surface area contributed by atoms with Gasteiger partial charge in [0.2, 0.25) is 15.9 Å². The Labute approximate surface area is 288 Å². The Morgan fingerprint density at radius 1 is 1.04 bits per heavy atom. The summed E-state index contributed by atoms with van der Waals surface area (Å²) in [6.45, 7) is 13.8. The van der Waals surface area contributed by atoms with E-state index in [1.807, 2.05) is 70.3 Å². The topological polar surface area (TPSA) is 143 Å². The van der Waals surface area contributed by atoms with E-state index in [2.05, 4.69) is 10.3 Å². The number of aromatic nitrogens is 1. The van der Waals surface area contributed by atoms with Gasteiger partial charge in [-0.3, -0.25) is 4.79 Å². The van der Waals surface area contributed by atoms with E-state index in [0.717, 1.165) is 16.3 Å². The first kappa shape index (κ1) is 37.3. The number of nitrogens with one attached hydrogen (secondary N) is 1. The standard InChI is InChI=1S/C35H49N5O6S2/c1-22(2)18-39(48(45,46)29-15-24(5)33(42)25(6)16-29)20-31(41)30(17-27-11-9-8-10-12-27)37-34(43)32(23(3)4)40-14-13-38(35(40)44)19-28-21-47-26(7)36-28/h8-12,15-16,21-23,30-32,41-42H,13-14,17-20H2,1-7H3,(H,37,43)/t30-,31+,32-/m0/s1. The number of phenols is 1. The van der Waals surface area contributed by atoms with Crippen LogP contribution in [0.25, 0.3) is 0 Å². The zero-order valence-electron chi connectivity index (χ0n) is 28.9. The van der Waals surface area contributed by atoms with Gasteiger partial charge in [-0.05, 0) is 67.9 Å². The lowest BCUT2D eigenvalue weighted by atomic mass is 9.97. The molecule has 2 aromatic carbocycles. The maximum atomic E-state index is 14.1. The number of carbonyl (C=O) groups is 2. The molecule has 3 amide bonds. The van der Waals surface area contributed by atoms with Crippen LogP contribution in [0.15, 0.2) is 52.7 Å². The Morgan fingerprint density at radius 3 is 2.25 bits per heavy atom. The summed E-state index contributed by atoms with van der Waals surface area (Å²) in [4.78, 5) is 35.4. The molecule has 1 aromatic heterocycles. The third kappa shape index (κ3) is 8.93. The molecule has 0 unspecified atom stereocenters. The van der Waals surface area contributed by atoms with Crippen LogP contribution in [0, 0.1) is 32.6 Å². The van der Waals surface area contributed by atoms with E-state index in [-0.39, 0.29) is 48.0 Å². The predicted molar refractivity (Wildman–Crippen MR) is 187 cm³/mol. The van der Waals surface area contributed by atoms with E-state index in [9.17, 15) is 28.2 Å². The van der Waals surface area contributed by atoms with Gasteiger partial charge in [-0.2, -0.15) is 4.31 Å². The average molecular weight is 700 g/mol. The van der Waals surface area contributed by atoms with E-state index >= 15 is 0 Å². The lowest BCUT2D eigenvalue weighted by molar-refractivity contribution is -0.128. The van der Waals surface area contributed by atoms with E-state index in [1.165, 1.54) is 27.8 Å². The molecule has 3 aromatic rings. The van der Waals surface area contributed by atoms with E-state index < -0.39 is 34.1 Å². The normalized spacial score (nSPS) is 15.9. The number of hydrogen-bond acceptors (Lipinski definition) is 8. The van der Waals surface area contributed by atoms with Crippen LogP contribution in [0.2, 0.25) is 0 Å². The van der Waals surface area contributed by atoms with Crippen molar-refractivity contribution in [2.75, 3.05) is 26.2 Å². The fraction of sp³-hybridized carbons (Fsp3) is 0.514. The second-order valence-electron chi connectivity index (χ2n) is 13.4. The summed E-state index contributed by atoms with van der Waals surface area (Å²) in [6, 6.07) is 10.3. The van der Waals surface area contributed by atoms with Crippen molar-refractivity contribution in [1.29, 1.82) is 0 Å².